The van der Waals surface area contributed by atoms with E-state index in [9.17, 15) is 8.42 Å². The Morgan fingerprint density at radius 2 is 2.06 bits per heavy atom. The van der Waals surface area contributed by atoms with Crippen LogP contribution in [-0.4, -0.2) is 14.0 Å². The van der Waals surface area contributed by atoms with Crippen molar-refractivity contribution < 1.29 is 8.42 Å². The molecule has 1 aromatic rings. The summed E-state index contributed by atoms with van der Waals surface area (Å²) in [5.74, 6) is 2.36. The third kappa shape index (κ3) is 3.46. The zero-order valence-electron chi connectivity index (χ0n) is 9.49. The molecule has 0 heterocycles. The maximum absolute atomic E-state index is 12.1. The first-order valence-electron chi connectivity index (χ1n) is 4.75. The smallest absolute Gasteiger partial charge is 0.243 e. The normalized spacial score (nSPS) is 12.1. The second-order valence-electron chi connectivity index (χ2n) is 4.06. The molecule has 0 spiro atoms. The van der Waals surface area contributed by atoms with Gasteiger partial charge in [-0.2, -0.15) is 4.72 Å². The number of hydrogen-bond donors (Lipinski definition) is 2. The molecule has 1 aromatic carbocycles. The molecule has 17 heavy (non-hydrogen) atoms. The highest BCUT2D eigenvalue weighted by Crippen LogP contribution is 2.25. The largest absolute Gasteiger partial charge is 0.399 e. The van der Waals surface area contributed by atoms with Gasteiger partial charge in [-0.1, -0.05) is 5.92 Å². The fourth-order valence-corrected chi connectivity index (χ4v) is 3.49. The molecular formula is C11H13BrN2O2S. The molecule has 92 valence electrons. The van der Waals surface area contributed by atoms with E-state index in [2.05, 4.69) is 26.6 Å². The Labute approximate surface area is 110 Å². The maximum atomic E-state index is 12.1. The Hall–Kier alpha value is -1.03. The van der Waals surface area contributed by atoms with Crippen LogP contribution in [0.2, 0.25) is 0 Å². The molecule has 0 aliphatic carbocycles. The number of nitrogen functional groups attached to an aromatic ring is 1. The van der Waals surface area contributed by atoms with E-state index < -0.39 is 15.6 Å². The SMILES string of the molecule is C#CC(C)(C)NS(=O)(=O)c1cc(N)ccc1Br. The highest BCUT2D eigenvalue weighted by atomic mass is 79.9. The maximum Gasteiger partial charge on any atom is 0.243 e. The van der Waals surface area contributed by atoms with Gasteiger partial charge in [-0.15, -0.1) is 6.42 Å². The number of nitrogens with two attached hydrogens (primary N) is 1. The van der Waals surface area contributed by atoms with E-state index in [1.54, 1.807) is 26.0 Å². The third-order valence-corrected chi connectivity index (χ3v) is 4.64. The molecule has 0 aromatic heterocycles. The topological polar surface area (TPSA) is 72.2 Å². The van der Waals surface area contributed by atoms with Gasteiger partial charge in [0.05, 0.1) is 10.4 Å². The molecule has 1 rings (SSSR count). The van der Waals surface area contributed by atoms with Gasteiger partial charge in [0.15, 0.2) is 0 Å². The highest BCUT2D eigenvalue weighted by Gasteiger charge is 2.25. The molecular weight excluding hydrogens is 304 g/mol. The molecule has 0 aliphatic rings. The van der Waals surface area contributed by atoms with Crippen LogP contribution < -0.4 is 10.5 Å². The van der Waals surface area contributed by atoms with Crippen molar-refractivity contribution in [3.63, 3.8) is 0 Å². The second-order valence-corrected chi connectivity index (χ2v) is 6.57. The van der Waals surface area contributed by atoms with E-state index in [0.29, 0.717) is 10.2 Å². The van der Waals surface area contributed by atoms with Gasteiger partial charge in [0.25, 0.3) is 0 Å². The van der Waals surface area contributed by atoms with Gasteiger partial charge in [0.2, 0.25) is 10.0 Å². The van der Waals surface area contributed by atoms with Crippen molar-refractivity contribution in [1.29, 1.82) is 0 Å². The van der Waals surface area contributed by atoms with Gasteiger partial charge < -0.3 is 5.73 Å². The monoisotopic (exact) mass is 316 g/mol. The third-order valence-electron chi connectivity index (χ3n) is 2.00. The Balaban J connectivity index is 3.24. The number of benzene rings is 1. The van der Waals surface area contributed by atoms with E-state index in [-0.39, 0.29) is 4.90 Å². The molecule has 0 radical (unpaired) electrons. The molecule has 0 aliphatic heterocycles. The second kappa shape index (κ2) is 4.69. The number of rotatable bonds is 3. The number of hydrogen-bond acceptors (Lipinski definition) is 3. The van der Waals surface area contributed by atoms with Crippen LogP contribution in [0.15, 0.2) is 27.6 Å². The molecule has 0 unspecified atom stereocenters. The van der Waals surface area contributed by atoms with Crippen molar-refractivity contribution in [2.24, 2.45) is 0 Å². The van der Waals surface area contributed by atoms with E-state index in [4.69, 9.17) is 12.2 Å². The first kappa shape index (κ1) is 14.0. The summed E-state index contributed by atoms with van der Waals surface area (Å²) in [6, 6.07) is 4.56. The first-order chi connectivity index (χ1) is 7.68. The van der Waals surface area contributed by atoms with Crippen molar-refractivity contribution in [3.8, 4) is 12.3 Å². The van der Waals surface area contributed by atoms with Crippen LogP contribution in [0.25, 0.3) is 0 Å². The Bertz CT molecular complexity index is 574. The summed E-state index contributed by atoms with van der Waals surface area (Å²) in [6.07, 6.45) is 5.25. The summed E-state index contributed by atoms with van der Waals surface area (Å²) in [6.45, 7) is 3.20. The predicted molar refractivity (Wildman–Crippen MR) is 71.8 cm³/mol. The molecule has 0 amide bonds. The average Bonchev–Trinajstić information content (AvgIpc) is 2.20. The van der Waals surface area contributed by atoms with Gasteiger partial charge in [-0.25, -0.2) is 8.42 Å². The number of sulfonamides is 1. The number of anilines is 1. The van der Waals surface area contributed by atoms with Crippen molar-refractivity contribution in [2.75, 3.05) is 5.73 Å². The van der Waals surface area contributed by atoms with Crippen LogP contribution in [0.1, 0.15) is 13.8 Å². The van der Waals surface area contributed by atoms with E-state index in [1.807, 2.05) is 0 Å². The summed E-state index contributed by atoms with van der Waals surface area (Å²) >= 11 is 3.17. The highest BCUT2D eigenvalue weighted by molar-refractivity contribution is 9.10. The van der Waals surface area contributed by atoms with Crippen LogP contribution >= 0.6 is 15.9 Å². The lowest BCUT2D eigenvalue weighted by Gasteiger charge is -2.20. The number of terminal acetylenes is 1. The van der Waals surface area contributed by atoms with Crippen molar-refractivity contribution in [1.82, 2.24) is 4.72 Å². The fraction of sp³-hybridized carbons (Fsp3) is 0.273. The zero-order chi connectivity index (χ0) is 13.3. The van der Waals surface area contributed by atoms with Crippen molar-refractivity contribution in [2.45, 2.75) is 24.3 Å². The Morgan fingerprint density at radius 3 is 2.59 bits per heavy atom. The van der Waals surface area contributed by atoms with E-state index >= 15 is 0 Å². The van der Waals surface area contributed by atoms with Crippen LogP contribution in [0, 0.1) is 12.3 Å². The molecule has 0 fully saturated rings. The summed E-state index contributed by atoms with van der Waals surface area (Å²) in [5.41, 5.74) is 4.98. The minimum absolute atomic E-state index is 0.0702. The minimum Gasteiger partial charge on any atom is -0.399 e. The molecule has 0 bridgehead atoms. The summed E-state index contributed by atoms with van der Waals surface area (Å²) in [7, 11) is -3.70. The summed E-state index contributed by atoms with van der Waals surface area (Å²) < 4.78 is 27.0. The minimum atomic E-state index is -3.70. The molecule has 0 saturated carbocycles. The van der Waals surface area contributed by atoms with E-state index in [0.717, 1.165) is 0 Å². The van der Waals surface area contributed by atoms with Crippen molar-refractivity contribution in [3.05, 3.63) is 22.7 Å². The molecule has 3 N–H and O–H groups in total. The summed E-state index contributed by atoms with van der Waals surface area (Å²) in [5, 5.41) is 0. The number of halogens is 1. The van der Waals surface area contributed by atoms with Gasteiger partial charge >= 0.3 is 0 Å². The van der Waals surface area contributed by atoms with Crippen LogP contribution in [0.3, 0.4) is 0 Å². The summed E-state index contributed by atoms with van der Waals surface area (Å²) in [4.78, 5) is 0.0702. The molecule has 6 heteroatoms. The van der Waals surface area contributed by atoms with Crippen LogP contribution in [0.4, 0.5) is 5.69 Å². The lowest BCUT2D eigenvalue weighted by molar-refractivity contribution is 0.538. The zero-order valence-corrected chi connectivity index (χ0v) is 11.9. The Kier molecular flexibility index (Phi) is 3.87. The van der Waals surface area contributed by atoms with Crippen LogP contribution in [0.5, 0.6) is 0 Å². The molecule has 0 saturated heterocycles. The van der Waals surface area contributed by atoms with Crippen molar-refractivity contribution >= 4 is 31.6 Å². The van der Waals surface area contributed by atoms with Gasteiger partial charge in [-0.05, 0) is 48.0 Å². The lowest BCUT2D eigenvalue weighted by Crippen LogP contribution is -2.42. The van der Waals surface area contributed by atoms with E-state index in [1.165, 1.54) is 6.07 Å². The average molecular weight is 317 g/mol. The fourth-order valence-electron chi connectivity index (χ4n) is 1.15. The molecule has 0 atom stereocenters. The van der Waals surface area contributed by atoms with Gasteiger partial charge in [0.1, 0.15) is 0 Å². The standard InChI is InChI=1S/C11H13BrN2O2S/c1-4-11(2,3)14-17(15,16)10-7-8(13)5-6-9(10)12/h1,5-7,14H,13H2,2-3H3. The Morgan fingerprint density at radius 1 is 1.47 bits per heavy atom. The molecule has 4 nitrogen and oxygen atoms in total. The van der Waals surface area contributed by atoms with Crippen LogP contribution in [-0.2, 0) is 10.0 Å². The van der Waals surface area contributed by atoms with Gasteiger partial charge in [0, 0.05) is 10.2 Å². The lowest BCUT2D eigenvalue weighted by atomic mass is 10.1. The first-order valence-corrected chi connectivity index (χ1v) is 7.02. The quantitative estimate of drug-likeness (QED) is 0.659. The van der Waals surface area contributed by atoms with Gasteiger partial charge in [-0.3, -0.25) is 0 Å². The number of nitrogens with one attached hydrogen (secondary N) is 1. The predicted octanol–water partition coefficient (Wildman–Crippen LogP) is 1.72.